The van der Waals surface area contributed by atoms with Gasteiger partial charge >= 0.3 is 0 Å². The van der Waals surface area contributed by atoms with Crippen molar-refractivity contribution in [2.24, 2.45) is 0 Å². The monoisotopic (exact) mass is 447 g/mol. The van der Waals surface area contributed by atoms with Crippen molar-refractivity contribution in [2.45, 2.75) is 72.1 Å². The predicted molar refractivity (Wildman–Crippen MR) is 138 cm³/mol. The molecule has 0 spiro atoms. The summed E-state index contributed by atoms with van der Waals surface area (Å²) in [5, 5.41) is 0. The van der Waals surface area contributed by atoms with Crippen molar-refractivity contribution >= 4 is 5.69 Å². The lowest BCUT2D eigenvalue weighted by Gasteiger charge is -2.41. The second-order valence-electron chi connectivity index (χ2n) is 10.9. The van der Waals surface area contributed by atoms with Gasteiger partial charge in [0.25, 0.3) is 0 Å². The van der Waals surface area contributed by atoms with E-state index in [1.54, 1.807) is 0 Å². The first-order valence-electron chi connectivity index (χ1n) is 12.9. The standard InChI is InChI=1S/C29H41N3O/c1-20-21(2)27-25(28(29(5,6)33-27)32-14-10-11-15-32)22(3)26(20)31-18-16-30(17-19-31)23(4)24-12-8-7-9-13-24/h7-9,12-13,23,28H,10-11,14-19H2,1-6H3. The molecule has 3 aliphatic rings. The lowest BCUT2D eigenvalue weighted by atomic mass is 9.86. The van der Waals surface area contributed by atoms with E-state index in [9.17, 15) is 0 Å². The Kier molecular flexibility index (Phi) is 5.95. The van der Waals surface area contributed by atoms with E-state index in [2.05, 4.69) is 86.6 Å². The number of anilines is 1. The molecule has 0 amide bonds. The first kappa shape index (κ1) is 22.7. The van der Waals surface area contributed by atoms with Crippen LogP contribution in [0, 0.1) is 20.8 Å². The van der Waals surface area contributed by atoms with Crippen molar-refractivity contribution in [3.8, 4) is 5.75 Å². The molecule has 0 N–H and O–H groups in total. The summed E-state index contributed by atoms with van der Waals surface area (Å²) in [5.41, 5.74) is 8.33. The molecule has 33 heavy (non-hydrogen) atoms. The van der Waals surface area contributed by atoms with Crippen LogP contribution in [-0.4, -0.2) is 54.7 Å². The van der Waals surface area contributed by atoms with Gasteiger partial charge in [-0.1, -0.05) is 30.3 Å². The minimum atomic E-state index is -0.183. The number of hydrogen-bond acceptors (Lipinski definition) is 4. The fourth-order valence-electron chi connectivity index (χ4n) is 6.63. The van der Waals surface area contributed by atoms with Gasteiger partial charge in [0.15, 0.2) is 0 Å². The van der Waals surface area contributed by atoms with Crippen LogP contribution >= 0.6 is 0 Å². The number of ether oxygens (including phenoxy) is 1. The SMILES string of the molecule is Cc1c(C)c(N2CCN(C(C)c3ccccc3)CC2)c(C)c2c1OC(C)(C)C2N1CCCC1. The second kappa shape index (κ2) is 8.63. The first-order valence-corrected chi connectivity index (χ1v) is 12.9. The maximum Gasteiger partial charge on any atom is 0.128 e. The average Bonchev–Trinajstić information content (AvgIpc) is 3.43. The summed E-state index contributed by atoms with van der Waals surface area (Å²) in [4.78, 5) is 7.96. The molecule has 2 fully saturated rings. The zero-order valence-electron chi connectivity index (χ0n) is 21.4. The predicted octanol–water partition coefficient (Wildman–Crippen LogP) is 5.80. The van der Waals surface area contributed by atoms with E-state index in [0.717, 1.165) is 31.9 Å². The Bertz CT molecular complexity index is 1000. The highest BCUT2D eigenvalue weighted by atomic mass is 16.5. The highest BCUT2D eigenvalue weighted by Crippen LogP contribution is 2.53. The molecule has 2 aromatic rings. The molecule has 2 atom stereocenters. The Morgan fingerprint density at radius 3 is 2.12 bits per heavy atom. The molecular weight excluding hydrogens is 406 g/mol. The van der Waals surface area contributed by atoms with Crippen LogP contribution in [0.5, 0.6) is 5.75 Å². The molecule has 2 aromatic carbocycles. The molecule has 2 unspecified atom stereocenters. The van der Waals surface area contributed by atoms with Crippen LogP contribution in [0.2, 0.25) is 0 Å². The quantitative estimate of drug-likeness (QED) is 0.589. The molecule has 0 aliphatic carbocycles. The van der Waals surface area contributed by atoms with Gasteiger partial charge in [0.2, 0.25) is 0 Å². The molecule has 3 aliphatic heterocycles. The third kappa shape index (κ3) is 3.85. The van der Waals surface area contributed by atoms with E-state index < -0.39 is 0 Å². The molecule has 0 bridgehead atoms. The van der Waals surface area contributed by atoms with Crippen molar-refractivity contribution < 1.29 is 4.74 Å². The molecule has 2 saturated heterocycles. The zero-order valence-corrected chi connectivity index (χ0v) is 21.4. The van der Waals surface area contributed by atoms with E-state index >= 15 is 0 Å². The van der Waals surface area contributed by atoms with Crippen LogP contribution in [0.1, 0.15) is 73.5 Å². The van der Waals surface area contributed by atoms with Crippen LogP contribution < -0.4 is 9.64 Å². The smallest absolute Gasteiger partial charge is 0.128 e. The summed E-state index contributed by atoms with van der Waals surface area (Å²) in [5.74, 6) is 1.16. The Labute approximate surface area is 200 Å². The topological polar surface area (TPSA) is 19.0 Å². The summed E-state index contributed by atoms with van der Waals surface area (Å²) in [6.07, 6.45) is 2.61. The Morgan fingerprint density at radius 1 is 0.848 bits per heavy atom. The molecular formula is C29H41N3O. The van der Waals surface area contributed by atoms with Gasteiger partial charge in [0.1, 0.15) is 11.4 Å². The van der Waals surface area contributed by atoms with Crippen molar-refractivity contribution in [1.29, 1.82) is 0 Å². The molecule has 178 valence electrons. The number of benzene rings is 2. The van der Waals surface area contributed by atoms with E-state index in [1.165, 1.54) is 59.4 Å². The van der Waals surface area contributed by atoms with Crippen LogP contribution in [-0.2, 0) is 0 Å². The highest BCUT2D eigenvalue weighted by Gasteiger charge is 2.47. The van der Waals surface area contributed by atoms with Gasteiger partial charge in [-0.05, 0) is 89.7 Å². The van der Waals surface area contributed by atoms with Crippen LogP contribution in [0.15, 0.2) is 30.3 Å². The van der Waals surface area contributed by atoms with Gasteiger partial charge in [-0.15, -0.1) is 0 Å². The molecule has 0 radical (unpaired) electrons. The lowest BCUT2D eigenvalue weighted by molar-refractivity contribution is 0.0396. The van der Waals surface area contributed by atoms with Gasteiger partial charge in [-0.3, -0.25) is 9.80 Å². The Balaban J connectivity index is 1.43. The van der Waals surface area contributed by atoms with Gasteiger partial charge in [0, 0.05) is 43.5 Å². The third-order valence-electron chi connectivity index (χ3n) is 8.53. The minimum Gasteiger partial charge on any atom is -0.485 e. The number of rotatable bonds is 4. The first-order chi connectivity index (χ1) is 15.8. The van der Waals surface area contributed by atoms with Crippen molar-refractivity contribution in [2.75, 3.05) is 44.2 Å². The fourth-order valence-corrected chi connectivity index (χ4v) is 6.63. The van der Waals surface area contributed by atoms with E-state index in [-0.39, 0.29) is 5.60 Å². The van der Waals surface area contributed by atoms with Crippen molar-refractivity contribution in [3.05, 3.63) is 58.1 Å². The molecule has 4 heteroatoms. The second-order valence-corrected chi connectivity index (χ2v) is 10.9. The normalized spacial score (nSPS) is 24.1. The largest absolute Gasteiger partial charge is 0.485 e. The third-order valence-corrected chi connectivity index (χ3v) is 8.53. The molecule has 5 rings (SSSR count). The van der Waals surface area contributed by atoms with Gasteiger partial charge in [0.05, 0.1) is 6.04 Å². The van der Waals surface area contributed by atoms with Crippen LogP contribution in [0.3, 0.4) is 0 Å². The average molecular weight is 448 g/mol. The Morgan fingerprint density at radius 2 is 1.48 bits per heavy atom. The van der Waals surface area contributed by atoms with Crippen molar-refractivity contribution in [1.82, 2.24) is 9.80 Å². The Hall–Kier alpha value is -2.04. The highest BCUT2D eigenvalue weighted by molar-refractivity contribution is 5.71. The minimum absolute atomic E-state index is 0.183. The van der Waals surface area contributed by atoms with E-state index in [1.807, 2.05) is 0 Å². The lowest BCUT2D eigenvalue weighted by Crippen LogP contribution is -2.47. The van der Waals surface area contributed by atoms with E-state index in [0.29, 0.717) is 12.1 Å². The summed E-state index contributed by atoms with van der Waals surface area (Å²) < 4.78 is 6.68. The number of likely N-dealkylation sites (tertiary alicyclic amines) is 1. The zero-order chi connectivity index (χ0) is 23.3. The van der Waals surface area contributed by atoms with Crippen LogP contribution in [0.25, 0.3) is 0 Å². The number of nitrogens with zero attached hydrogens (tertiary/aromatic N) is 3. The van der Waals surface area contributed by atoms with Crippen molar-refractivity contribution in [3.63, 3.8) is 0 Å². The number of piperazine rings is 1. The summed E-state index contributed by atoms with van der Waals surface area (Å²) in [6.45, 7) is 20.6. The number of fused-ring (bicyclic) bond motifs is 1. The number of hydrogen-bond donors (Lipinski definition) is 0. The van der Waals surface area contributed by atoms with Gasteiger partial charge in [-0.25, -0.2) is 0 Å². The maximum atomic E-state index is 6.68. The molecule has 0 saturated carbocycles. The van der Waals surface area contributed by atoms with Gasteiger partial charge < -0.3 is 9.64 Å². The molecule has 0 aromatic heterocycles. The van der Waals surface area contributed by atoms with Gasteiger partial charge in [-0.2, -0.15) is 0 Å². The summed E-state index contributed by atoms with van der Waals surface area (Å²) in [7, 11) is 0. The molecule has 3 heterocycles. The van der Waals surface area contributed by atoms with Crippen LogP contribution in [0.4, 0.5) is 5.69 Å². The maximum absolute atomic E-state index is 6.68. The summed E-state index contributed by atoms with van der Waals surface area (Å²) >= 11 is 0. The fraction of sp³-hybridized carbons (Fsp3) is 0.586. The van der Waals surface area contributed by atoms with E-state index in [4.69, 9.17) is 4.74 Å². The molecule has 4 nitrogen and oxygen atoms in total. The summed E-state index contributed by atoms with van der Waals surface area (Å²) in [6, 6.07) is 11.8.